The molecule has 2 N–H and O–H groups in total. The number of amides is 1. The van der Waals surface area contributed by atoms with Crippen molar-refractivity contribution >= 4 is 5.91 Å². The molecule has 1 amide bonds. The Labute approximate surface area is 65.5 Å². The Morgan fingerprint density at radius 2 is 2.18 bits per heavy atom. The molecular weight excluding hydrogens is 140 g/mol. The smallest absolute Gasteiger partial charge is 0.259 e. The Hall–Kier alpha value is -1.30. The van der Waals surface area contributed by atoms with Crippen LogP contribution in [0.2, 0.25) is 0 Å². The van der Waals surface area contributed by atoms with Crippen LogP contribution in [0.4, 0.5) is 0 Å². The van der Waals surface area contributed by atoms with Gasteiger partial charge in [-0.15, -0.1) is 0 Å². The third-order valence-corrected chi connectivity index (χ3v) is 1.94. The molecule has 0 radical (unpaired) electrons. The van der Waals surface area contributed by atoms with E-state index in [1.807, 2.05) is 6.07 Å². The SMILES string of the molecule is C/C(=C(/C#N)C(N)=O)C1CC1. The number of allylic oxidation sites excluding steroid dienone is 1. The fraction of sp³-hybridized carbons (Fsp3) is 0.500. The van der Waals surface area contributed by atoms with Gasteiger partial charge in [0.05, 0.1) is 0 Å². The van der Waals surface area contributed by atoms with Gasteiger partial charge in [0, 0.05) is 0 Å². The monoisotopic (exact) mass is 150 g/mol. The second-order valence-electron chi connectivity index (χ2n) is 2.81. The molecule has 1 saturated carbocycles. The normalized spacial score (nSPS) is 18.5. The average molecular weight is 150 g/mol. The van der Waals surface area contributed by atoms with Crippen molar-refractivity contribution in [1.82, 2.24) is 0 Å². The Balaban J connectivity index is 2.88. The first-order chi connectivity index (χ1) is 5.16. The summed E-state index contributed by atoms with van der Waals surface area (Å²) in [5, 5.41) is 8.53. The molecule has 11 heavy (non-hydrogen) atoms. The number of hydrogen-bond acceptors (Lipinski definition) is 2. The van der Waals surface area contributed by atoms with Crippen molar-refractivity contribution in [3.8, 4) is 6.07 Å². The third-order valence-electron chi connectivity index (χ3n) is 1.94. The van der Waals surface area contributed by atoms with Crippen molar-refractivity contribution in [2.75, 3.05) is 0 Å². The van der Waals surface area contributed by atoms with Gasteiger partial charge in [0.15, 0.2) is 0 Å². The number of hydrogen-bond donors (Lipinski definition) is 1. The van der Waals surface area contributed by atoms with E-state index in [-0.39, 0.29) is 5.57 Å². The fourth-order valence-electron chi connectivity index (χ4n) is 1.06. The summed E-state index contributed by atoms with van der Waals surface area (Å²) in [7, 11) is 0. The summed E-state index contributed by atoms with van der Waals surface area (Å²) in [6.45, 7) is 1.81. The summed E-state index contributed by atoms with van der Waals surface area (Å²) >= 11 is 0. The van der Waals surface area contributed by atoms with Crippen LogP contribution < -0.4 is 5.73 Å². The van der Waals surface area contributed by atoms with Crippen molar-refractivity contribution in [2.24, 2.45) is 11.7 Å². The van der Waals surface area contributed by atoms with Crippen LogP contribution in [0.25, 0.3) is 0 Å². The lowest BCUT2D eigenvalue weighted by Gasteiger charge is -1.97. The van der Waals surface area contributed by atoms with Crippen LogP contribution in [-0.2, 0) is 4.79 Å². The number of nitrogens with two attached hydrogens (primary N) is 1. The third kappa shape index (κ3) is 1.58. The number of carbonyl (C=O) groups is 1. The molecule has 0 aliphatic heterocycles. The molecule has 58 valence electrons. The van der Waals surface area contributed by atoms with Gasteiger partial charge in [0.1, 0.15) is 11.6 Å². The van der Waals surface area contributed by atoms with E-state index in [1.165, 1.54) is 0 Å². The number of carbonyl (C=O) groups excluding carboxylic acids is 1. The zero-order chi connectivity index (χ0) is 8.43. The minimum atomic E-state index is -0.600. The van der Waals surface area contributed by atoms with Gasteiger partial charge in [-0.1, -0.05) is 0 Å². The van der Waals surface area contributed by atoms with Crippen LogP contribution in [0.5, 0.6) is 0 Å². The highest BCUT2D eigenvalue weighted by atomic mass is 16.1. The lowest BCUT2D eigenvalue weighted by atomic mass is 10.1. The quantitative estimate of drug-likeness (QED) is 0.465. The minimum Gasteiger partial charge on any atom is -0.365 e. The van der Waals surface area contributed by atoms with Crippen LogP contribution in [0.1, 0.15) is 19.8 Å². The van der Waals surface area contributed by atoms with Crippen LogP contribution in [-0.4, -0.2) is 5.91 Å². The zero-order valence-electron chi connectivity index (χ0n) is 6.42. The molecule has 0 saturated heterocycles. The number of primary amides is 1. The fourth-order valence-corrected chi connectivity index (χ4v) is 1.06. The Morgan fingerprint density at radius 3 is 2.45 bits per heavy atom. The van der Waals surface area contributed by atoms with Gasteiger partial charge in [0.25, 0.3) is 5.91 Å². The van der Waals surface area contributed by atoms with E-state index < -0.39 is 5.91 Å². The van der Waals surface area contributed by atoms with Gasteiger partial charge in [-0.25, -0.2) is 0 Å². The maximum Gasteiger partial charge on any atom is 0.259 e. The summed E-state index contributed by atoms with van der Waals surface area (Å²) in [5.74, 6) is -0.158. The molecule has 0 aromatic heterocycles. The number of nitrogens with zero attached hydrogens (tertiary/aromatic N) is 1. The molecule has 3 heteroatoms. The van der Waals surface area contributed by atoms with Crippen molar-refractivity contribution in [2.45, 2.75) is 19.8 Å². The molecule has 1 rings (SSSR count). The maximum absolute atomic E-state index is 10.6. The molecule has 0 spiro atoms. The molecule has 3 nitrogen and oxygen atoms in total. The standard InChI is InChI=1S/C8H10N2O/c1-5(6-2-3-6)7(4-9)8(10)11/h6H,2-3H2,1H3,(H2,10,11)/b7-5+. The highest BCUT2D eigenvalue weighted by molar-refractivity contribution is 5.96. The van der Waals surface area contributed by atoms with Crippen molar-refractivity contribution in [3.05, 3.63) is 11.1 Å². The summed E-state index contributed by atoms with van der Waals surface area (Å²) in [6, 6.07) is 1.83. The van der Waals surface area contributed by atoms with E-state index in [0.29, 0.717) is 5.92 Å². The first-order valence-corrected chi connectivity index (χ1v) is 3.57. The summed E-state index contributed by atoms with van der Waals surface area (Å²) < 4.78 is 0. The largest absolute Gasteiger partial charge is 0.365 e. The lowest BCUT2D eigenvalue weighted by molar-refractivity contribution is -0.114. The second kappa shape index (κ2) is 2.75. The van der Waals surface area contributed by atoms with Gasteiger partial charge >= 0.3 is 0 Å². The van der Waals surface area contributed by atoms with E-state index in [4.69, 9.17) is 11.0 Å². The zero-order valence-corrected chi connectivity index (χ0v) is 6.42. The van der Waals surface area contributed by atoms with Gasteiger partial charge < -0.3 is 5.73 Å². The van der Waals surface area contributed by atoms with Gasteiger partial charge in [-0.3, -0.25) is 4.79 Å². The Bertz CT molecular complexity index is 256. The molecule has 0 bridgehead atoms. The van der Waals surface area contributed by atoms with Gasteiger partial charge in [-0.2, -0.15) is 5.26 Å². The summed E-state index contributed by atoms with van der Waals surface area (Å²) in [5.41, 5.74) is 6.00. The van der Waals surface area contributed by atoms with E-state index in [1.54, 1.807) is 6.92 Å². The molecule has 0 aromatic rings. The lowest BCUT2D eigenvalue weighted by Crippen LogP contribution is -2.14. The maximum atomic E-state index is 10.6. The number of rotatable bonds is 2. The molecule has 0 heterocycles. The highest BCUT2D eigenvalue weighted by Gasteiger charge is 2.26. The van der Waals surface area contributed by atoms with E-state index in [9.17, 15) is 4.79 Å². The molecular formula is C8H10N2O. The van der Waals surface area contributed by atoms with Crippen LogP contribution in [0, 0.1) is 17.2 Å². The average Bonchev–Trinajstić information content (AvgIpc) is 2.68. The summed E-state index contributed by atoms with van der Waals surface area (Å²) in [4.78, 5) is 10.6. The molecule has 0 aromatic carbocycles. The van der Waals surface area contributed by atoms with Gasteiger partial charge in [0.2, 0.25) is 0 Å². The van der Waals surface area contributed by atoms with Gasteiger partial charge in [-0.05, 0) is 31.3 Å². The summed E-state index contributed by atoms with van der Waals surface area (Å²) in [6.07, 6.45) is 2.18. The van der Waals surface area contributed by atoms with Crippen LogP contribution in [0.3, 0.4) is 0 Å². The van der Waals surface area contributed by atoms with Crippen LogP contribution >= 0.6 is 0 Å². The minimum absolute atomic E-state index is 0.146. The predicted molar refractivity (Wildman–Crippen MR) is 40.2 cm³/mol. The first kappa shape index (κ1) is 7.80. The van der Waals surface area contributed by atoms with Crippen LogP contribution in [0.15, 0.2) is 11.1 Å². The van der Waals surface area contributed by atoms with Crippen molar-refractivity contribution < 1.29 is 4.79 Å². The highest BCUT2D eigenvalue weighted by Crippen LogP contribution is 2.37. The molecule has 1 fully saturated rings. The second-order valence-corrected chi connectivity index (χ2v) is 2.81. The molecule has 1 aliphatic carbocycles. The first-order valence-electron chi connectivity index (χ1n) is 3.57. The topological polar surface area (TPSA) is 66.9 Å². The van der Waals surface area contributed by atoms with Crippen molar-refractivity contribution in [3.63, 3.8) is 0 Å². The van der Waals surface area contributed by atoms with E-state index in [0.717, 1.165) is 18.4 Å². The van der Waals surface area contributed by atoms with Crippen molar-refractivity contribution in [1.29, 1.82) is 5.26 Å². The van der Waals surface area contributed by atoms with E-state index >= 15 is 0 Å². The molecule has 0 atom stereocenters. The van der Waals surface area contributed by atoms with E-state index in [2.05, 4.69) is 0 Å². The molecule has 1 aliphatic rings. The number of nitriles is 1. The Kier molecular flexibility index (Phi) is 1.95. The Morgan fingerprint density at radius 1 is 1.64 bits per heavy atom. The predicted octanol–water partition coefficient (Wildman–Crippen LogP) is 0.722. The molecule has 0 unspecified atom stereocenters.